The van der Waals surface area contributed by atoms with Crippen LogP contribution in [-0.4, -0.2) is 39.7 Å². The Morgan fingerprint density at radius 3 is 2.50 bits per heavy atom. The van der Waals surface area contributed by atoms with Crippen LogP contribution in [0, 0.1) is 0 Å². The Morgan fingerprint density at radius 1 is 1.17 bits per heavy atom. The number of benzene rings is 1. The lowest BCUT2D eigenvalue weighted by Crippen LogP contribution is -2.47. The highest BCUT2D eigenvalue weighted by atomic mass is 35.5. The summed E-state index contributed by atoms with van der Waals surface area (Å²) in [7, 11) is 0. The highest BCUT2D eigenvalue weighted by Crippen LogP contribution is 2.23. The Balaban J connectivity index is 1.79. The summed E-state index contributed by atoms with van der Waals surface area (Å²) in [5, 5.41) is 12.5. The Hall–Kier alpha value is -2.55. The number of carboxylic acid groups (broad SMARTS) is 1. The first-order valence-electron chi connectivity index (χ1n) is 7.15. The zero-order chi connectivity index (χ0) is 17.1. The molecule has 1 saturated heterocycles. The predicted molar refractivity (Wildman–Crippen MR) is 85.6 cm³/mol. The summed E-state index contributed by atoms with van der Waals surface area (Å²) in [5.41, 5.74) is 6.31. The largest absolute Gasteiger partial charge is 0.476 e. The first-order chi connectivity index (χ1) is 11.6. The van der Waals surface area contributed by atoms with Gasteiger partial charge in [0.2, 0.25) is 0 Å². The molecule has 2 atom stereocenters. The molecule has 0 radical (unpaired) electrons. The third-order valence-corrected chi connectivity index (χ3v) is 3.93. The van der Waals surface area contributed by atoms with Crippen LogP contribution in [0.2, 0.25) is 5.02 Å². The third kappa shape index (κ3) is 3.35. The van der Waals surface area contributed by atoms with Crippen molar-refractivity contribution in [2.45, 2.75) is 12.1 Å². The molecule has 2 unspecified atom stereocenters. The molecule has 1 aromatic carbocycles. The molecule has 0 bridgehead atoms. The Labute approximate surface area is 142 Å². The standard InChI is InChI=1S/C15H14ClN5O3/c16-9-3-1-8(2-4-9)10-7-19-21-13(10)20-14(22)11-12(15(23)24)18-6-5-17-11/h1-6,10,13,19,21H,7H2,(H,20,22)(H,23,24). The minimum Gasteiger partial charge on any atom is -0.476 e. The lowest BCUT2D eigenvalue weighted by Gasteiger charge is -2.20. The number of rotatable bonds is 4. The number of carboxylic acids is 1. The van der Waals surface area contributed by atoms with Crippen LogP contribution in [0.25, 0.3) is 0 Å². The second-order valence-corrected chi connectivity index (χ2v) is 5.63. The number of hydrogen-bond donors (Lipinski definition) is 4. The van der Waals surface area contributed by atoms with Crippen molar-refractivity contribution in [3.8, 4) is 0 Å². The average molecular weight is 348 g/mol. The summed E-state index contributed by atoms with van der Waals surface area (Å²) in [4.78, 5) is 31.1. The Kier molecular flexibility index (Phi) is 4.70. The maximum Gasteiger partial charge on any atom is 0.356 e. The van der Waals surface area contributed by atoms with Gasteiger partial charge in [0, 0.05) is 29.9 Å². The lowest BCUT2D eigenvalue weighted by molar-refractivity contribution is 0.0682. The van der Waals surface area contributed by atoms with Crippen LogP contribution in [0.4, 0.5) is 0 Å². The fourth-order valence-corrected chi connectivity index (χ4v) is 2.65. The molecule has 0 aliphatic carbocycles. The van der Waals surface area contributed by atoms with Gasteiger partial charge >= 0.3 is 5.97 Å². The van der Waals surface area contributed by atoms with E-state index in [1.165, 1.54) is 12.4 Å². The average Bonchev–Trinajstić information content (AvgIpc) is 3.03. The second kappa shape index (κ2) is 6.91. The summed E-state index contributed by atoms with van der Waals surface area (Å²) in [6, 6.07) is 7.32. The zero-order valence-corrected chi connectivity index (χ0v) is 13.1. The molecule has 0 saturated carbocycles. The number of amides is 1. The van der Waals surface area contributed by atoms with Crippen molar-refractivity contribution < 1.29 is 14.7 Å². The molecule has 4 N–H and O–H groups in total. The lowest BCUT2D eigenvalue weighted by atomic mass is 9.97. The van der Waals surface area contributed by atoms with Gasteiger partial charge in [-0.1, -0.05) is 23.7 Å². The van der Waals surface area contributed by atoms with E-state index in [1.807, 2.05) is 12.1 Å². The number of carbonyl (C=O) groups excluding carboxylic acids is 1. The number of nitrogens with one attached hydrogen (secondary N) is 3. The molecule has 1 aliphatic rings. The normalized spacial score (nSPS) is 19.9. The molecule has 2 heterocycles. The number of aromatic carboxylic acids is 1. The van der Waals surface area contributed by atoms with Crippen molar-refractivity contribution >= 4 is 23.5 Å². The molecule has 9 heteroatoms. The minimum absolute atomic E-state index is 0.0452. The minimum atomic E-state index is -1.31. The highest BCUT2D eigenvalue weighted by molar-refractivity contribution is 6.30. The van der Waals surface area contributed by atoms with Gasteiger partial charge in [0.15, 0.2) is 11.4 Å². The fourth-order valence-electron chi connectivity index (χ4n) is 2.52. The number of hydrazine groups is 1. The molecule has 1 amide bonds. The maximum atomic E-state index is 12.4. The van der Waals surface area contributed by atoms with Crippen LogP contribution in [0.3, 0.4) is 0 Å². The first kappa shape index (κ1) is 16.3. The van der Waals surface area contributed by atoms with Crippen molar-refractivity contribution in [3.05, 3.63) is 58.6 Å². The van der Waals surface area contributed by atoms with Gasteiger partial charge in [-0.2, -0.15) is 0 Å². The summed E-state index contributed by atoms with van der Waals surface area (Å²) in [6.07, 6.45) is 2.08. The number of halogens is 1. The molecular weight excluding hydrogens is 334 g/mol. The van der Waals surface area contributed by atoms with Crippen molar-refractivity contribution in [3.63, 3.8) is 0 Å². The second-order valence-electron chi connectivity index (χ2n) is 5.19. The van der Waals surface area contributed by atoms with E-state index < -0.39 is 18.0 Å². The highest BCUT2D eigenvalue weighted by Gasteiger charge is 2.31. The molecule has 1 aliphatic heterocycles. The molecule has 3 rings (SSSR count). The van der Waals surface area contributed by atoms with E-state index in [0.717, 1.165) is 5.56 Å². The van der Waals surface area contributed by atoms with Gasteiger partial charge in [0.1, 0.15) is 6.17 Å². The summed E-state index contributed by atoms with van der Waals surface area (Å²) >= 11 is 5.89. The van der Waals surface area contributed by atoms with Gasteiger partial charge < -0.3 is 10.4 Å². The Morgan fingerprint density at radius 2 is 1.83 bits per heavy atom. The van der Waals surface area contributed by atoms with Gasteiger partial charge in [-0.25, -0.2) is 20.2 Å². The van der Waals surface area contributed by atoms with Gasteiger partial charge in [0.05, 0.1) is 0 Å². The van der Waals surface area contributed by atoms with Crippen LogP contribution in [0.15, 0.2) is 36.7 Å². The van der Waals surface area contributed by atoms with Gasteiger partial charge in [-0.15, -0.1) is 0 Å². The van der Waals surface area contributed by atoms with E-state index >= 15 is 0 Å². The molecule has 0 spiro atoms. The van der Waals surface area contributed by atoms with Crippen molar-refractivity contribution in [2.24, 2.45) is 0 Å². The van der Waals surface area contributed by atoms with Gasteiger partial charge in [-0.05, 0) is 17.7 Å². The van der Waals surface area contributed by atoms with Gasteiger partial charge in [0.25, 0.3) is 5.91 Å². The van der Waals surface area contributed by atoms with E-state index in [4.69, 9.17) is 16.7 Å². The third-order valence-electron chi connectivity index (χ3n) is 3.68. The monoisotopic (exact) mass is 347 g/mol. The zero-order valence-electron chi connectivity index (χ0n) is 12.4. The summed E-state index contributed by atoms with van der Waals surface area (Å²) in [5.74, 6) is -1.96. The van der Waals surface area contributed by atoms with E-state index in [1.54, 1.807) is 12.1 Å². The molecule has 2 aromatic rings. The van der Waals surface area contributed by atoms with Crippen LogP contribution < -0.4 is 16.2 Å². The van der Waals surface area contributed by atoms with Crippen LogP contribution in [0.1, 0.15) is 32.5 Å². The predicted octanol–water partition coefficient (Wildman–Crippen LogP) is 0.776. The van der Waals surface area contributed by atoms with Crippen LogP contribution in [0.5, 0.6) is 0 Å². The summed E-state index contributed by atoms with van der Waals surface area (Å²) < 4.78 is 0. The molecule has 1 aromatic heterocycles. The van der Waals surface area contributed by atoms with E-state index in [2.05, 4.69) is 26.1 Å². The van der Waals surface area contributed by atoms with Crippen molar-refractivity contribution in [2.75, 3.05) is 6.54 Å². The van der Waals surface area contributed by atoms with E-state index in [0.29, 0.717) is 11.6 Å². The number of aromatic nitrogens is 2. The van der Waals surface area contributed by atoms with Crippen LogP contribution in [-0.2, 0) is 0 Å². The van der Waals surface area contributed by atoms with Crippen molar-refractivity contribution in [1.82, 2.24) is 26.1 Å². The van der Waals surface area contributed by atoms with E-state index in [-0.39, 0.29) is 17.3 Å². The van der Waals surface area contributed by atoms with Crippen LogP contribution >= 0.6 is 11.6 Å². The van der Waals surface area contributed by atoms with Crippen molar-refractivity contribution in [1.29, 1.82) is 0 Å². The maximum absolute atomic E-state index is 12.4. The first-order valence-corrected chi connectivity index (χ1v) is 7.53. The number of nitrogens with zero attached hydrogens (tertiary/aromatic N) is 2. The molecule has 8 nitrogen and oxygen atoms in total. The Bertz CT molecular complexity index is 768. The number of hydrogen-bond acceptors (Lipinski definition) is 6. The molecule has 24 heavy (non-hydrogen) atoms. The molecular formula is C15H14ClN5O3. The quantitative estimate of drug-likeness (QED) is 0.645. The smallest absolute Gasteiger partial charge is 0.356 e. The van der Waals surface area contributed by atoms with E-state index in [9.17, 15) is 9.59 Å². The fraction of sp³-hybridized carbons (Fsp3) is 0.200. The molecule has 1 fully saturated rings. The summed E-state index contributed by atoms with van der Waals surface area (Å²) in [6.45, 7) is 0.596. The number of carbonyl (C=O) groups is 2. The SMILES string of the molecule is O=C(O)c1nccnc1C(=O)NC1NNCC1c1ccc(Cl)cc1. The molecule has 124 valence electrons. The topological polar surface area (TPSA) is 116 Å². The van der Waals surface area contributed by atoms with Gasteiger partial charge in [-0.3, -0.25) is 10.2 Å².